The van der Waals surface area contributed by atoms with Crippen molar-refractivity contribution in [3.63, 3.8) is 0 Å². The molecule has 5 nitrogen and oxygen atoms in total. The summed E-state index contributed by atoms with van der Waals surface area (Å²) < 4.78 is 1.95. The molecule has 0 unspecified atom stereocenters. The average Bonchev–Trinajstić information content (AvgIpc) is 2.92. The fourth-order valence-corrected chi connectivity index (χ4v) is 2.11. The molecule has 0 fully saturated rings. The number of para-hydroxylation sites is 2. The SMILES string of the molecule is CCCNCc1ccc(-n2cnc3ccccc32)nn1. The summed E-state index contributed by atoms with van der Waals surface area (Å²) >= 11 is 0. The van der Waals surface area contributed by atoms with Crippen LogP contribution in [0.4, 0.5) is 0 Å². The second kappa shape index (κ2) is 5.79. The van der Waals surface area contributed by atoms with Gasteiger partial charge in [-0.05, 0) is 37.2 Å². The van der Waals surface area contributed by atoms with E-state index in [0.717, 1.165) is 42.1 Å². The Bertz CT molecular complexity index is 687. The maximum atomic E-state index is 4.36. The van der Waals surface area contributed by atoms with Gasteiger partial charge in [0.2, 0.25) is 0 Å². The zero-order valence-electron chi connectivity index (χ0n) is 11.5. The molecule has 0 aliphatic heterocycles. The van der Waals surface area contributed by atoms with E-state index in [9.17, 15) is 0 Å². The highest BCUT2D eigenvalue weighted by molar-refractivity contribution is 5.76. The molecule has 0 saturated heterocycles. The maximum absolute atomic E-state index is 4.36. The van der Waals surface area contributed by atoms with Gasteiger partial charge in [-0.25, -0.2) is 4.98 Å². The van der Waals surface area contributed by atoms with Crippen LogP contribution < -0.4 is 5.32 Å². The van der Waals surface area contributed by atoms with E-state index in [1.165, 1.54) is 0 Å². The molecule has 2 heterocycles. The quantitative estimate of drug-likeness (QED) is 0.721. The van der Waals surface area contributed by atoms with E-state index in [0.29, 0.717) is 0 Å². The minimum absolute atomic E-state index is 0.756. The van der Waals surface area contributed by atoms with Gasteiger partial charge in [0.1, 0.15) is 6.33 Å². The van der Waals surface area contributed by atoms with Gasteiger partial charge in [-0.3, -0.25) is 4.57 Å². The molecule has 2 aromatic heterocycles. The monoisotopic (exact) mass is 267 g/mol. The van der Waals surface area contributed by atoms with E-state index in [1.807, 2.05) is 41.0 Å². The number of nitrogens with one attached hydrogen (secondary N) is 1. The standard InChI is InChI=1S/C15H17N5/c1-2-9-16-10-12-7-8-15(19-18-12)20-11-17-13-5-3-4-6-14(13)20/h3-8,11,16H,2,9-10H2,1H3. The van der Waals surface area contributed by atoms with Crippen LogP contribution in [0, 0.1) is 0 Å². The molecule has 5 heteroatoms. The molecule has 0 aliphatic carbocycles. The first-order chi connectivity index (χ1) is 9.88. The largest absolute Gasteiger partial charge is 0.311 e. The molecule has 0 amide bonds. The molecule has 3 rings (SSSR count). The minimum Gasteiger partial charge on any atom is -0.311 e. The molecule has 0 saturated carbocycles. The third kappa shape index (κ3) is 2.53. The summed E-state index contributed by atoms with van der Waals surface area (Å²) in [4.78, 5) is 4.36. The first kappa shape index (κ1) is 12.7. The number of imidazole rings is 1. The van der Waals surface area contributed by atoms with Crippen molar-refractivity contribution in [2.75, 3.05) is 6.54 Å². The van der Waals surface area contributed by atoms with Crippen molar-refractivity contribution in [2.24, 2.45) is 0 Å². The molecule has 0 bridgehead atoms. The van der Waals surface area contributed by atoms with Gasteiger partial charge in [0.25, 0.3) is 0 Å². The summed E-state index contributed by atoms with van der Waals surface area (Å²) in [7, 11) is 0. The van der Waals surface area contributed by atoms with Gasteiger partial charge in [0.05, 0.1) is 16.7 Å². The Kier molecular flexibility index (Phi) is 3.69. The van der Waals surface area contributed by atoms with Crippen LogP contribution in [0.1, 0.15) is 19.0 Å². The topological polar surface area (TPSA) is 55.6 Å². The number of fused-ring (bicyclic) bond motifs is 1. The van der Waals surface area contributed by atoms with Crippen LogP contribution in [0.25, 0.3) is 16.9 Å². The van der Waals surface area contributed by atoms with Crippen molar-refractivity contribution >= 4 is 11.0 Å². The number of benzene rings is 1. The summed E-state index contributed by atoms with van der Waals surface area (Å²) in [5.41, 5.74) is 2.95. The molecule has 1 N–H and O–H groups in total. The lowest BCUT2D eigenvalue weighted by molar-refractivity contribution is 0.655. The maximum Gasteiger partial charge on any atom is 0.161 e. The zero-order chi connectivity index (χ0) is 13.8. The van der Waals surface area contributed by atoms with Crippen molar-refractivity contribution in [1.82, 2.24) is 25.1 Å². The lowest BCUT2D eigenvalue weighted by atomic mass is 10.3. The average molecular weight is 267 g/mol. The van der Waals surface area contributed by atoms with E-state index < -0.39 is 0 Å². The fraction of sp³-hybridized carbons (Fsp3) is 0.267. The lowest BCUT2D eigenvalue weighted by Gasteiger charge is -2.04. The molecule has 1 aromatic carbocycles. The highest BCUT2D eigenvalue weighted by atomic mass is 15.2. The summed E-state index contributed by atoms with van der Waals surface area (Å²) in [6.07, 6.45) is 2.90. The molecule has 20 heavy (non-hydrogen) atoms. The molecule has 0 aliphatic rings. The summed E-state index contributed by atoms with van der Waals surface area (Å²) in [5, 5.41) is 11.8. The smallest absolute Gasteiger partial charge is 0.161 e. The summed E-state index contributed by atoms with van der Waals surface area (Å²) in [6.45, 7) is 3.90. The third-order valence-electron chi connectivity index (χ3n) is 3.14. The van der Waals surface area contributed by atoms with Crippen LogP contribution in [0.15, 0.2) is 42.7 Å². The minimum atomic E-state index is 0.756. The second-order valence-corrected chi connectivity index (χ2v) is 4.66. The highest BCUT2D eigenvalue weighted by Gasteiger charge is 2.05. The van der Waals surface area contributed by atoms with Crippen molar-refractivity contribution < 1.29 is 0 Å². The normalized spacial score (nSPS) is 11.1. The van der Waals surface area contributed by atoms with Crippen LogP contribution in [0.3, 0.4) is 0 Å². The Morgan fingerprint density at radius 1 is 1.10 bits per heavy atom. The van der Waals surface area contributed by atoms with Gasteiger partial charge in [0.15, 0.2) is 5.82 Å². The van der Waals surface area contributed by atoms with Gasteiger partial charge in [0, 0.05) is 6.54 Å². The van der Waals surface area contributed by atoms with Crippen molar-refractivity contribution in [2.45, 2.75) is 19.9 Å². The Morgan fingerprint density at radius 3 is 2.80 bits per heavy atom. The van der Waals surface area contributed by atoms with Gasteiger partial charge in [-0.1, -0.05) is 19.1 Å². The van der Waals surface area contributed by atoms with E-state index in [2.05, 4.69) is 27.4 Å². The molecular weight excluding hydrogens is 250 g/mol. The van der Waals surface area contributed by atoms with E-state index >= 15 is 0 Å². The first-order valence-electron chi connectivity index (χ1n) is 6.84. The Balaban J connectivity index is 1.84. The molecule has 3 aromatic rings. The van der Waals surface area contributed by atoms with Crippen molar-refractivity contribution in [1.29, 1.82) is 0 Å². The van der Waals surface area contributed by atoms with Gasteiger partial charge in [-0.15, -0.1) is 5.10 Å². The van der Waals surface area contributed by atoms with Crippen LogP contribution in [-0.2, 0) is 6.54 Å². The fourth-order valence-electron chi connectivity index (χ4n) is 2.11. The second-order valence-electron chi connectivity index (χ2n) is 4.66. The van der Waals surface area contributed by atoms with Gasteiger partial charge < -0.3 is 5.32 Å². The zero-order valence-corrected chi connectivity index (χ0v) is 11.5. The molecule has 102 valence electrons. The van der Waals surface area contributed by atoms with Crippen LogP contribution in [-0.4, -0.2) is 26.3 Å². The number of aromatic nitrogens is 4. The highest BCUT2D eigenvalue weighted by Crippen LogP contribution is 2.15. The van der Waals surface area contributed by atoms with Crippen LogP contribution in [0.5, 0.6) is 0 Å². The van der Waals surface area contributed by atoms with Crippen LogP contribution >= 0.6 is 0 Å². The van der Waals surface area contributed by atoms with Gasteiger partial charge in [-0.2, -0.15) is 5.10 Å². The predicted molar refractivity (Wildman–Crippen MR) is 78.7 cm³/mol. The Hall–Kier alpha value is -2.27. The Labute approximate surface area is 117 Å². The van der Waals surface area contributed by atoms with E-state index in [4.69, 9.17) is 0 Å². The van der Waals surface area contributed by atoms with Crippen molar-refractivity contribution in [3.8, 4) is 5.82 Å². The van der Waals surface area contributed by atoms with Crippen molar-refractivity contribution in [3.05, 3.63) is 48.4 Å². The lowest BCUT2D eigenvalue weighted by Crippen LogP contribution is -2.15. The van der Waals surface area contributed by atoms with E-state index in [1.54, 1.807) is 6.33 Å². The number of nitrogens with zero attached hydrogens (tertiary/aromatic N) is 4. The van der Waals surface area contributed by atoms with E-state index in [-0.39, 0.29) is 0 Å². The molecule has 0 spiro atoms. The number of rotatable bonds is 5. The summed E-state index contributed by atoms with van der Waals surface area (Å²) in [5.74, 6) is 0.790. The first-order valence-corrected chi connectivity index (χ1v) is 6.84. The Morgan fingerprint density at radius 2 is 2.00 bits per heavy atom. The van der Waals surface area contributed by atoms with Crippen LogP contribution in [0.2, 0.25) is 0 Å². The summed E-state index contributed by atoms with van der Waals surface area (Å²) in [6, 6.07) is 12.0. The number of hydrogen-bond donors (Lipinski definition) is 1. The number of hydrogen-bond acceptors (Lipinski definition) is 4. The molecular formula is C15H17N5. The third-order valence-corrected chi connectivity index (χ3v) is 3.14. The molecule has 0 atom stereocenters. The predicted octanol–water partition coefficient (Wildman–Crippen LogP) is 2.32. The van der Waals surface area contributed by atoms with Gasteiger partial charge >= 0.3 is 0 Å². The molecule has 0 radical (unpaired) electrons.